The standard InChI is InChI=1S/C21H18FNO5/c1-14-7-8-16(11-18(14)22)23-19(24)13-28-21(25)20-15(9-10-26-20)12-27-17-5-3-2-4-6-17/h2-11H,12-13H2,1H3,(H,23,24). The summed E-state index contributed by atoms with van der Waals surface area (Å²) in [7, 11) is 0. The fraction of sp³-hybridized carbons (Fsp3) is 0.143. The van der Waals surface area contributed by atoms with Crippen LogP contribution in [0.25, 0.3) is 0 Å². The number of amides is 1. The summed E-state index contributed by atoms with van der Waals surface area (Å²) in [4.78, 5) is 24.1. The van der Waals surface area contributed by atoms with Crippen LogP contribution >= 0.6 is 0 Å². The van der Waals surface area contributed by atoms with Gasteiger partial charge in [0.05, 0.1) is 6.26 Å². The minimum Gasteiger partial charge on any atom is -0.489 e. The number of halogens is 1. The van der Waals surface area contributed by atoms with Crippen LogP contribution in [0.15, 0.2) is 65.3 Å². The summed E-state index contributed by atoms with van der Waals surface area (Å²) in [5.41, 5.74) is 1.24. The van der Waals surface area contributed by atoms with Gasteiger partial charge in [0.1, 0.15) is 18.2 Å². The number of hydrogen-bond donors (Lipinski definition) is 1. The number of anilines is 1. The number of esters is 1. The average Bonchev–Trinajstić information content (AvgIpc) is 3.17. The van der Waals surface area contributed by atoms with Gasteiger partial charge >= 0.3 is 5.97 Å². The van der Waals surface area contributed by atoms with E-state index in [1.54, 1.807) is 37.3 Å². The first-order valence-corrected chi connectivity index (χ1v) is 8.50. The number of carbonyl (C=O) groups is 2. The van der Waals surface area contributed by atoms with Crippen molar-refractivity contribution in [3.8, 4) is 5.75 Å². The smallest absolute Gasteiger partial charge is 0.375 e. The fourth-order valence-electron chi connectivity index (χ4n) is 2.37. The van der Waals surface area contributed by atoms with Crippen molar-refractivity contribution in [2.24, 2.45) is 0 Å². The molecule has 1 amide bonds. The number of aryl methyl sites for hydroxylation is 1. The van der Waals surface area contributed by atoms with E-state index in [-0.39, 0.29) is 18.1 Å². The number of furan rings is 1. The molecule has 3 aromatic rings. The predicted octanol–water partition coefficient (Wildman–Crippen LogP) is 4.10. The highest BCUT2D eigenvalue weighted by Crippen LogP contribution is 2.17. The molecular formula is C21H18FNO5. The van der Waals surface area contributed by atoms with Crippen LogP contribution < -0.4 is 10.1 Å². The Morgan fingerprint density at radius 2 is 1.89 bits per heavy atom. The second kappa shape index (κ2) is 8.85. The molecule has 0 aliphatic rings. The van der Waals surface area contributed by atoms with Gasteiger partial charge in [-0.1, -0.05) is 24.3 Å². The second-order valence-electron chi connectivity index (χ2n) is 5.96. The van der Waals surface area contributed by atoms with Gasteiger partial charge in [-0.3, -0.25) is 4.79 Å². The number of carbonyl (C=O) groups excluding carboxylic acids is 2. The molecule has 7 heteroatoms. The zero-order valence-corrected chi connectivity index (χ0v) is 15.1. The molecule has 1 aromatic heterocycles. The van der Waals surface area contributed by atoms with Crippen LogP contribution in [0.1, 0.15) is 21.7 Å². The van der Waals surface area contributed by atoms with Crippen molar-refractivity contribution in [3.63, 3.8) is 0 Å². The largest absolute Gasteiger partial charge is 0.489 e. The van der Waals surface area contributed by atoms with E-state index in [1.807, 2.05) is 18.2 Å². The Morgan fingerprint density at radius 1 is 1.11 bits per heavy atom. The van der Waals surface area contributed by atoms with Crippen LogP contribution in [0, 0.1) is 12.7 Å². The third-order valence-electron chi connectivity index (χ3n) is 3.86. The molecule has 144 valence electrons. The molecule has 0 fully saturated rings. The topological polar surface area (TPSA) is 77.8 Å². The van der Waals surface area contributed by atoms with Gasteiger partial charge in [0, 0.05) is 11.3 Å². The lowest BCUT2D eigenvalue weighted by Gasteiger charge is -2.08. The molecule has 2 aromatic carbocycles. The van der Waals surface area contributed by atoms with E-state index in [9.17, 15) is 14.0 Å². The molecule has 0 radical (unpaired) electrons. The van der Waals surface area contributed by atoms with E-state index < -0.39 is 24.3 Å². The van der Waals surface area contributed by atoms with E-state index >= 15 is 0 Å². The highest BCUT2D eigenvalue weighted by atomic mass is 19.1. The molecule has 0 bridgehead atoms. The number of benzene rings is 2. The summed E-state index contributed by atoms with van der Waals surface area (Å²) in [6.07, 6.45) is 1.34. The molecule has 0 aliphatic heterocycles. The van der Waals surface area contributed by atoms with Gasteiger partial charge in [-0.05, 0) is 42.8 Å². The van der Waals surface area contributed by atoms with Gasteiger partial charge in [-0.2, -0.15) is 0 Å². The summed E-state index contributed by atoms with van der Waals surface area (Å²) in [6.45, 7) is 1.19. The minimum absolute atomic E-state index is 0.0369. The zero-order chi connectivity index (χ0) is 19.9. The second-order valence-corrected chi connectivity index (χ2v) is 5.96. The van der Waals surface area contributed by atoms with Crippen molar-refractivity contribution < 1.29 is 27.9 Å². The van der Waals surface area contributed by atoms with Gasteiger partial charge in [-0.25, -0.2) is 9.18 Å². The van der Waals surface area contributed by atoms with Crippen molar-refractivity contribution in [3.05, 3.63) is 83.6 Å². The first-order chi connectivity index (χ1) is 13.5. The summed E-state index contributed by atoms with van der Waals surface area (Å²) >= 11 is 0. The fourth-order valence-corrected chi connectivity index (χ4v) is 2.37. The van der Waals surface area contributed by atoms with E-state index in [1.165, 1.54) is 12.3 Å². The van der Waals surface area contributed by atoms with Crippen molar-refractivity contribution in [2.45, 2.75) is 13.5 Å². The van der Waals surface area contributed by atoms with Gasteiger partial charge in [0.2, 0.25) is 5.76 Å². The van der Waals surface area contributed by atoms with Crippen LogP contribution in [0.3, 0.4) is 0 Å². The number of rotatable bonds is 7. The molecule has 1 N–H and O–H groups in total. The summed E-state index contributed by atoms with van der Waals surface area (Å²) in [6, 6.07) is 15.0. The maximum Gasteiger partial charge on any atom is 0.375 e. The molecular weight excluding hydrogens is 365 g/mol. The Bertz CT molecular complexity index is 968. The van der Waals surface area contributed by atoms with Crippen molar-refractivity contribution in [1.29, 1.82) is 0 Å². The van der Waals surface area contributed by atoms with Gasteiger partial charge in [0.25, 0.3) is 5.91 Å². The molecule has 0 saturated carbocycles. The van der Waals surface area contributed by atoms with Crippen LogP contribution in [0.4, 0.5) is 10.1 Å². The first-order valence-electron chi connectivity index (χ1n) is 8.50. The van der Waals surface area contributed by atoms with E-state index in [4.69, 9.17) is 13.9 Å². The van der Waals surface area contributed by atoms with Gasteiger partial charge in [0.15, 0.2) is 6.61 Å². The lowest BCUT2D eigenvalue weighted by molar-refractivity contribution is -0.119. The Balaban J connectivity index is 1.53. The molecule has 6 nitrogen and oxygen atoms in total. The average molecular weight is 383 g/mol. The molecule has 0 saturated heterocycles. The number of nitrogens with one attached hydrogen (secondary N) is 1. The van der Waals surface area contributed by atoms with Crippen molar-refractivity contribution in [1.82, 2.24) is 0 Å². The lowest BCUT2D eigenvalue weighted by atomic mass is 10.2. The van der Waals surface area contributed by atoms with E-state index in [0.29, 0.717) is 16.9 Å². The van der Waals surface area contributed by atoms with Crippen molar-refractivity contribution in [2.75, 3.05) is 11.9 Å². The van der Waals surface area contributed by atoms with E-state index in [0.717, 1.165) is 0 Å². The monoisotopic (exact) mass is 383 g/mol. The SMILES string of the molecule is Cc1ccc(NC(=O)COC(=O)c2occc2COc2ccccc2)cc1F. The molecule has 0 unspecified atom stereocenters. The van der Waals surface area contributed by atoms with Crippen LogP contribution in [0.2, 0.25) is 0 Å². The van der Waals surface area contributed by atoms with Crippen LogP contribution in [-0.4, -0.2) is 18.5 Å². The molecule has 0 atom stereocenters. The predicted molar refractivity (Wildman–Crippen MR) is 99.5 cm³/mol. The molecule has 0 aliphatic carbocycles. The maximum atomic E-state index is 13.5. The van der Waals surface area contributed by atoms with Crippen LogP contribution in [-0.2, 0) is 16.1 Å². The highest BCUT2D eigenvalue weighted by Gasteiger charge is 2.19. The first kappa shape index (κ1) is 19.2. The highest BCUT2D eigenvalue weighted by molar-refractivity contribution is 5.95. The maximum absolute atomic E-state index is 13.5. The number of ether oxygens (including phenoxy) is 2. The van der Waals surface area contributed by atoms with Gasteiger partial charge < -0.3 is 19.2 Å². The Labute approximate surface area is 160 Å². The Morgan fingerprint density at radius 3 is 2.64 bits per heavy atom. The molecule has 28 heavy (non-hydrogen) atoms. The quantitative estimate of drug-likeness (QED) is 0.622. The minimum atomic E-state index is -0.790. The third kappa shape index (κ3) is 4.97. The van der Waals surface area contributed by atoms with E-state index in [2.05, 4.69) is 5.32 Å². The molecule has 3 rings (SSSR count). The normalized spacial score (nSPS) is 10.4. The van der Waals surface area contributed by atoms with Crippen molar-refractivity contribution >= 4 is 17.6 Å². The molecule has 0 spiro atoms. The summed E-state index contributed by atoms with van der Waals surface area (Å²) < 4.78 is 29.2. The number of para-hydroxylation sites is 1. The van der Waals surface area contributed by atoms with Crippen LogP contribution in [0.5, 0.6) is 5.75 Å². The number of hydrogen-bond acceptors (Lipinski definition) is 5. The third-order valence-corrected chi connectivity index (χ3v) is 3.86. The zero-order valence-electron chi connectivity index (χ0n) is 15.1. The molecule has 1 heterocycles. The van der Waals surface area contributed by atoms with Gasteiger partial charge in [-0.15, -0.1) is 0 Å². The Hall–Kier alpha value is -3.61. The summed E-state index contributed by atoms with van der Waals surface area (Å²) in [5.74, 6) is -1.21. The lowest BCUT2D eigenvalue weighted by Crippen LogP contribution is -2.21. The summed E-state index contributed by atoms with van der Waals surface area (Å²) in [5, 5.41) is 2.46. The Kier molecular flexibility index (Phi) is 6.06.